The molecule has 1 aliphatic rings. The zero-order valence-corrected chi connectivity index (χ0v) is 12.2. The van der Waals surface area contributed by atoms with Crippen LogP contribution in [0.3, 0.4) is 0 Å². The summed E-state index contributed by atoms with van der Waals surface area (Å²) in [6.45, 7) is 3.52. The maximum absolute atomic E-state index is 11.0. The zero-order chi connectivity index (χ0) is 11.7. The van der Waals surface area contributed by atoms with Crippen LogP contribution in [-0.2, 0) is 9.63 Å². The van der Waals surface area contributed by atoms with Gasteiger partial charge in [-0.2, -0.15) is 0 Å². The molecule has 0 aromatic heterocycles. The van der Waals surface area contributed by atoms with Crippen LogP contribution in [0.25, 0.3) is 0 Å². The Kier molecular flexibility index (Phi) is 4.78. The number of nitrogens with zero attached hydrogens (tertiary/aromatic N) is 1. The van der Waals surface area contributed by atoms with E-state index in [1.54, 1.807) is 0 Å². The Morgan fingerprint density at radius 1 is 1.29 bits per heavy atom. The Hall–Kier alpha value is -0.794. The van der Waals surface area contributed by atoms with Crippen molar-refractivity contribution >= 4 is 17.7 Å². The molecular weight excluding hydrogens is 249 g/mol. The average molecular weight is 255 g/mol. The SMILES string of the molecule is C=C1C(=O)ON=C1c1ccc(C(=O)[O-])cc1.[K+]. The summed E-state index contributed by atoms with van der Waals surface area (Å²) < 4.78 is 0. The number of carbonyl (C=O) groups is 2. The van der Waals surface area contributed by atoms with Gasteiger partial charge in [0.2, 0.25) is 0 Å². The number of aromatic carboxylic acids is 1. The van der Waals surface area contributed by atoms with E-state index in [-0.39, 0.29) is 62.5 Å². The molecule has 1 aromatic rings. The topological polar surface area (TPSA) is 78.8 Å². The maximum Gasteiger partial charge on any atom is 1.00 e. The fourth-order valence-corrected chi connectivity index (χ4v) is 1.29. The molecule has 0 amide bonds. The molecule has 17 heavy (non-hydrogen) atoms. The smallest absolute Gasteiger partial charge is 0.545 e. The van der Waals surface area contributed by atoms with E-state index < -0.39 is 11.9 Å². The number of carbonyl (C=O) groups excluding carboxylic acids is 2. The fraction of sp³-hybridized carbons (Fsp3) is 0. The molecule has 0 aliphatic carbocycles. The Morgan fingerprint density at radius 3 is 2.29 bits per heavy atom. The van der Waals surface area contributed by atoms with Crippen LogP contribution < -0.4 is 56.5 Å². The summed E-state index contributed by atoms with van der Waals surface area (Å²) in [5.74, 6) is -1.86. The number of hydrogen-bond acceptors (Lipinski definition) is 5. The van der Waals surface area contributed by atoms with Crippen LogP contribution in [0.1, 0.15) is 15.9 Å². The molecule has 0 spiro atoms. The summed E-state index contributed by atoms with van der Waals surface area (Å²) in [5.41, 5.74) is 1.09. The predicted molar refractivity (Wildman–Crippen MR) is 52.5 cm³/mol. The van der Waals surface area contributed by atoms with Crippen molar-refractivity contribution in [2.45, 2.75) is 0 Å². The van der Waals surface area contributed by atoms with Gasteiger partial charge in [-0.25, -0.2) is 4.79 Å². The van der Waals surface area contributed by atoms with Crippen LogP contribution in [0.5, 0.6) is 0 Å². The van der Waals surface area contributed by atoms with E-state index in [9.17, 15) is 14.7 Å². The minimum absolute atomic E-state index is 0. The van der Waals surface area contributed by atoms with Crippen molar-refractivity contribution in [2.75, 3.05) is 0 Å². The molecule has 0 radical (unpaired) electrons. The summed E-state index contributed by atoms with van der Waals surface area (Å²) in [4.78, 5) is 25.9. The third-order valence-corrected chi connectivity index (χ3v) is 2.15. The quantitative estimate of drug-likeness (QED) is 0.318. The number of hydrogen-bond donors (Lipinski definition) is 0. The molecule has 0 bridgehead atoms. The first kappa shape index (κ1) is 14.3. The van der Waals surface area contributed by atoms with Crippen LogP contribution in [0, 0.1) is 0 Å². The average Bonchev–Trinajstić information content (AvgIpc) is 2.60. The van der Waals surface area contributed by atoms with E-state index in [2.05, 4.69) is 16.6 Å². The first-order valence-corrected chi connectivity index (χ1v) is 4.40. The van der Waals surface area contributed by atoms with Crippen molar-refractivity contribution in [3.8, 4) is 0 Å². The minimum atomic E-state index is -1.26. The number of oxime groups is 1. The van der Waals surface area contributed by atoms with Crippen molar-refractivity contribution < 1.29 is 70.9 Å². The van der Waals surface area contributed by atoms with E-state index in [1.807, 2.05) is 0 Å². The van der Waals surface area contributed by atoms with Crippen LogP contribution in [0.4, 0.5) is 0 Å². The minimum Gasteiger partial charge on any atom is -0.545 e. The standard InChI is InChI=1S/C11H7NO4.K/c1-6-9(12-16-11(6)15)7-2-4-8(5-3-7)10(13)14;/h2-5H,1H2,(H,13,14);/q;+1/p-1. The van der Waals surface area contributed by atoms with Crippen LogP contribution in [-0.4, -0.2) is 17.7 Å². The van der Waals surface area contributed by atoms with Gasteiger partial charge in [-0.1, -0.05) is 36.0 Å². The van der Waals surface area contributed by atoms with E-state index >= 15 is 0 Å². The number of carboxylic acids is 1. The molecule has 1 heterocycles. The van der Waals surface area contributed by atoms with Gasteiger partial charge in [-0.05, 0) is 5.56 Å². The van der Waals surface area contributed by atoms with Crippen molar-refractivity contribution in [3.63, 3.8) is 0 Å². The molecule has 0 saturated carbocycles. The normalized spacial score (nSPS) is 13.8. The van der Waals surface area contributed by atoms with Crippen molar-refractivity contribution in [1.29, 1.82) is 0 Å². The Morgan fingerprint density at radius 2 is 1.88 bits per heavy atom. The molecule has 0 fully saturated rings. The molecule has 0 unspecified atom stereocenters. The van der Waals surface area contributed by atoms with Gasteiger partial charge in [-0.3, -0.25) is 0 Å². The molecule has 1 aromatic carbocycles. The zero-order valence-electron chi connectivity index (χ0n) is 9.10. The number of carboxylic acid groups (broad SMARTS) is 1. The number of benzene rings is 1. The van der Waals surface area contributed by atoms with Gasteiger partial charge < -0.3 is 14.7 Å². The summed E-state index contributed by atoms with van der Waals surface area (Å²) >= 11 is 0. The summed E-state index contributed by atoms with van der Waals surface area (Å²) in [7, 11) is 0. The molecule has 1 aliphatic heterocycles. The first-order chi connectivity index (χ1) is 7.59. The van der Waals surface area contributed by atoms with Gasteiger partial charge in [0.15, 0.2) is 0 Å². The maximum atomic E-state index is 11.0. The summed E-state index contributed by atoms with van der Waals surface area (Å²) in [6, 6.07) is 5.75. The Labute approximate surface area is 140 Å². The molecule has 6 heteroatoms. The predicted octanol–water partition coefficient (Wildman–Crippen LogP) is -3.13. The second-order valence-electron chi connectivity index (χ2n) is 3.16. The molecular formula is C11H6KNO4. The van der Waals surface area contributed by atoms with E-state index in [4.69, 9.17) is 0 Å². The Bertz CT molecular complexity index is 519. The second-order valence-corrected chi connectivity index (χ2v) is 3.16. The first-order valence-electron chi connectivity index (χ1n) is 4.40. The Balaban J connectivity index is 0.00000144. The third-order valence-electron chi connectivity index (χ3n) is 2.15. The molecule has 2 rings (SSSR count). The van der Waals surface area contributed by atoms with E-state index in [1.165, 1.54) is 24.3 Å². The molecule has 0 N–H and O–H groups in total. The number of rotatable bonds is 2. The van der Waals surface area contributed by atoms with Gasteiger partial charge in [0.1, 0.15) is 5.71 Å². The van der Waals surface area contributed by atoms with Crippen molar-refractivity contribution in [2.24, 2.45) is 5.16 Å². The fourth-order valence-electron chi connectivity index (χ4n) is 1.29. The van der Waals surface area contributed by atoms with Crippen LogP contribution in [0.2, 0.25) is 0 Å². The molecule has 80 valence electrons. The summed E-state index contributed by atoms with van der Waals surface area (Å²) in [5, 5.41) is 14.1. The third kappa shape index (κ3) is 2.91. The largest absolute Gasteiger partial charge is 1.00 e. The van der Waals surface area contributed by atoms with Crippen molar-refractivity contribution in [1.82, 2.24) is 0 Å². The van der Waals surface area contributed by atoms with Gasteiger partial charge in [0, 0.05) is 5.56 Å². The second kappa shape index (κ2) is 5.70. The van der Waals surface area contributed by atoms with Gasteiger partial charge >= 0.3 is 57.4 Å². The van der Waals surface area contributed by atoms with Gasteiger partial charge in [-0.15, -0.1) is 0 Å². The molecule has 0 saturated heterocycles. The van der Waals surface area contributed by atoms with E-state index in [0.29, 0.717) is 11.3 Å². The van der Waals surface area contributed by atoms with Crippen LogP contribution in [0.15, 0.2) is 41.6 Å². The van der Waals surface area contributed by atoms with Gasteiger partial charge in [0.05, 0.1) is 11.5 Å². The monoisotopic (exact) mass is 255 g/mol. The molecule has 5 nitrogen and oxygen atoms in total. The van der Waals surface area contributed by atoms with Crippen LogP contribution >= 0.6 is 0 Å². The van der Waals surface area contributed by atoms with Gasteiger partial charge in [0.25, 0.3) is 0 Å². The van der Waals surface area contributed by atoms with Crippen molar-refractivity contribution in [3.05, 3.63) is 47.5 Å². The summed E-state index contributed by atoms with van der Waals surface area (Å²) in [6.07, 6.45) is 0. The molecule has 0 atom stereocenters. The van der Waals surface area contributed by atoms with E-state index in [0.717, 1.165) is 0 Å².